The molecule has 0 saturated carbocycles. The Labute approximate surface area is 155 Å². The monoisotopic (exact) mass is 381 g/mol. The highest BCUT2D eigenvalue weighted by Crippen LogP contribution is 2.32. The lowest BCUT2D eigenvalue weighted by molar-refractivity contribution is -0.147. The van der Waals surface area contributed by atoms with E-state index in [1.807, 2.05) is 0 Å². The molecule has 1 aromatic carbocycles. The molecule has 26 heavy (non-hydrogen) atoms. The molecule has 2 heterocycles. The number of carbonyl (C=O) groups excluding carboxylic acids is 1. The Kier molecular flexibility index (Phi) is 5.96. The van der Waals surface area contributed by atoms with E-state index in [1.165, 1.54) is 4.31 Å². The van der Waals surface area contributed by atoms with E-state index in [0.717, 1.165) is 0 Å². The number of sulfonamides is 1. The lowest BCUT2D eigenvalue weighted by Gasteiger charge is -2.38. The van der Waals surface area contributed by atoms with E-state index in [1.54, 1.807) is 35.2 Å². The fraction of sp³-hybridized carbons (Fsp3) is 0.611. The zero-order chi connectivity index (χ0) is 18.6. The van der Waals surface area contributed by atoms with E-state index in [2.05, 4.69) is 0 Å². The molecule has 0 unspecified atom stereocenters. The van der Waals surface area contributed by atoms with Crippen molar-refractivity contribution in [3.8, 4) is 0 Å². The van der Waals surface area contributed by atoms with Crippen molar-refractivity contribution in [1.82, 2.24) is 9.21 Å². The van der Waals surface area contributed by atoms with Crippen LogP contribution in [0.5, 0.6) is 0 Å². The van der Waals surface area contributed by atoms with Crippen molar-refractivity contribution in [2.24, 2.45) is 11.1 Å². The summed E-state index contributed by atoms with van der Waals surface area (Å²) in [5.74, 6) is 0.0438. The number of rotatable bonds is 4. The van der Waals surface area contributed by atoms with Crippen molar-refractivity contribution < 1.29 is 17.9 Å². The number of hydrogen-bond donors (Lipinski definition) is 1. The molecule has 0 spiro atoms. The van der Waals surface area contributed by atoms with Crippen LogP contribution in [-0.2, 0) is 19.6 Å². The maximum atomic E-state index is 13.1. The molecule has 3 rings (SSSR count). The van der Waals surface area contributed by atoms with Crippen LogP contribution in [0.15, 0.2) is 35.2 Å². The second kappa shape index (κ2) is 8.04. The molecule has 0 aromatic heterocycles. The molecule has 2 aliphatic rings. The summed E-state index contributed by atoms with van der Waals surface area (Å²) >= 11 is 0. The molecule has 2 fully saturated rings. The first-order chi connectivity index (χ1) is 12.5. The largest absolute Gasteiger partial charge is 0.381 e. The average molecular weight is 381 g/mol. The number of nitrogens with zero attached hydrogens (tertiary/aromatic N) is 2. The van der Waals surface area contributed by atoms with Crippen LogP contribution in [0.1, 0.15) is 19.3 Å². The molecule has 0 aliphatic carbocycles. The molecule has 2 aliphatic heterocycles. The molecule has 7 nitrogen and oxygen atoms in total. The zero-order valence-electron chi connectivity index (χ0n) is 15.0. The number of carbonyl (C=O) groups is 1. The van der Waals surface area contributed by atoms with Crippen molar-refractivity contribution in [1.29, 1.82) is 0 Å². The van der Waals surface area contributed by atoms with Crippen molar-refractivity contribution in [3.63, 3.8) is 0 Å². The van der Waals surface area contributed by atoms with Crippen LogP contribution in [0.2, 0.25) is 0 Å². The van der Waals surface area contributed by atoms with Gasteiger partial charge in [0.25, 0.3) is 0 Å². The highest BCUT2D eigenvalue weighted by atomic mass is 32.2. The predicted molar refractivity (Wildman–Crippen MR) is 97.9 cm³/mol. The van der Waals surface area contributed by atoms with Crippen molar-refractivity contribution in [3.05, 3.63) is 30.3 Å². The van der Waals surface area contributed by atoms with Gasteiger partial charge in [-0.05, 0) is 31.4 Å². The molecule has 1 amide bonds. The van der Waals surface area contributed by atoms with Crippen LogP contribution < -0.4 is 5.73 Å². The van der Waals surface area contributed by atoms with Crippen LogP contribution in [0.3, 0.4) is 0 Å². The summed E-state index contributed by atoms with van der Waals surface area (Å²) in [5, 5.41) is 0. The van der Waals surface area contributed by atoms with Gasteiger partial charge in [-0.15, -0.1) is 0 Å². The minimum absolute atomic E-state index is 0.0438. The zero-order valence-corrected chi connectivity index (χ0v) is 15.8. The Morgan fingerprint density at radius 2 is 1.77 bits per heavy atom. The second-order valence-corrected chi connectivity index (χ2v) is 8.90. The topological polar surface area (TPSA) is 92.9 Å². The molecule has 2 saturated heterocycles. The highest BCUT2D eigenvalue weighted by molar-refractivity contribution is 7.89. The fourth-order valence-corrected chi connectivity index (χ4v) is 5.17. The highest BCUT2D eigenvalue weighted by Gasteiger charge is 2.42. The lowest BCUT2D eigenvalue weighted by Crippen LogP contribution is -2.51. The Morgan fingerprint density at radius 3 is 2.42 bits per heavy atom. The number of nitrogens with two attached hydrogens (primary N) is 1. The van der Waals surface area contributed by atoms with Gasteiger partial charge in [0, 0.05) is 45.9 Å². The van der Waals surface area contributed by atoms with Crippen molar-refractivity contribution in [2.75, 3.05) is 45.9 Å². The molecular formula is C18H27N3O4S. The molecule has 0 atom stereocenters. The Hall–Kier alpha value is -1.48. The van der Waals surface area contributed by atoms with Crippen LogP contribution in [-0.4, -0.2) is 69.5 Å². The lowest BCUT2D eigenvalue weighted by atomic mass is 9.79. The minimum Gasteiger partial charge on any atom is -0.381 e. The third-order valence-corrected chi connectivity index (χ3v) is 7.33. The van der Waals surface area contributed by atoms with Gasteiger partial charge in [-0.1, -0.05) is 18.2 Å². The van der Waals surface area contributed by atoms with Crippen molar-refractivity contribution in [2.45, 2.75) is 24.2 Å². The quantitative estimate of drug-likeness (QED) is 0.827. The summed E-state index contributed by atoms with van der Waals surface area (Å²) in [7, 11) is -3.53. The van der Waals surface area contributed by atoms with Gasteiger partial charge in [0.2, 0.25) is 15.9 Å². The molecular weight excluding hydrogens is 354 g/mol. The summed E-state index contributed by atoms with van der Waals surface area (Å²) in [6.07, 6.45) is 1.88. The Balaban J connectivity index is 1.71. The van der Waals surface area contributed by atoms with Crippen LogP contribution in [0.25, 0.3) is 0 Å². The number of amides is 1. The molecule has 144 valence electrons. The summed E-state index contributed by atoms with van der Waals surface area (Å²) in [5.41, 5.74) is 5.38. The maximum absolute atomic E-state index is 13.1. The van der Waals surface area contributed by atoms with E-state index in [4.69, 9.17) is 10.5 Å². The van der Waals surface area contributed by atoms with Gasteiger partial charge >= 0.3 is 0 Å². The third-order valence-electron chi connectivity index (χ3n) is 5.42. The molecule has 0 radical (unpaired) electrons. The van der Waals surface area contributed by atoms with Gasteiger partial charge in [0.1, 0.15) is 0 Å². The predicted octanol–water partition coefficient (Wildman–Crippen LogP) is 0.665. The van der Waals surface area contributed by atoms with Gasteiger partial charge in [-0.2, -0.15) is 4.31 Å². The SMILES string of the molecule is NCC1(C(=O)N2CCCN(S(=O)(=O)c3ccccc3)CC2)CCOCC1. The number of hydrogen-bond acceptors (Lipinski definition) is 5. The summed E-state index contributed by atoms with van der Waals surface area (Å²) in [6.45, 7) is 3.07. The minimum atomic E-state index is -3.53. The molecule has 8 heteroatoms. The van der Waals surface area contributed by atoms with E-state index in [9.17, 15) is 13.2 Å². The van der Waals surface area contributed by atoms with E-state index in [0.29, 0.717) is 70.1 Å². The summed E-state index contributed by atoms with van der Waals surface area (Å²) < 4.78 is 32.5. The third kappa shape index (κ3) is 3.78. The van der Waals surface area contributed by atoms with Gasteiger partial charge in [-0.25, -0.2) is 8.42 Å². The molecule has 1 aromatic rings. The summed E-state index contributed by atoms with van der Waals surface area (Å²) in [4.78, 5) is 15.2. The Morgan fingerprint density at radius 1 is 1.08 bits per heavy atom. The maximum Gasteiger partial charge on any atom is 0.243 e. The average Bonchev–Trinajstić information content (AvgIpc) is 2.95. The molecule has 0 bridgehead atoms. The van der Waals surface area contributed by atoms with Gasteiger partial charge in [0.15, 0.2) is 0 Å². The fourth-order valence-electron chi connectivity index (χ4n) is 3.68. The summed E-state index contributed by atoms with van der Waals surface area (Å²) in [6, 6.07) is 8.44. The van der Waals surface area contributed by atoms with Gasteiger partial charge in [-0.3, -0.25) is 4.79 Å². The van der Waals surface area contributed by atoms with E-state index < -0.39 is 15.4 Å². The van der Waals surface area contributed by atoms with Crippen LogP contribution in [0, 0.1) is 5.41 Å². The van der Waals surface area contributed by atoms with Crippen LogP contribution >= 0.6 is 0 Å². The van der Waals surface area contributed by atoms with Gasteiger partial charge in [0.05, 0.1) is 10.3 Å². The van der Waals surface area contributed by atoms with Crippen LogP contribution in [0.4, 0.5) is 0 Å². The van der Waals surface area contributed by atoms with E-state index >= 15 is 0 Å². The number of benzene rings is 1. The first-order valence-electron chi connectivity index (χ1n) is 9.12. The Bertz CT molecular complexity index is 717. The first kappa shape index (κ1) is 19.3. The smallest absolute Gasteiger partial charge is 0.243 e. The first-order valence-corrected chi connectivity index (χ1v) is 10.6. The van der Waals surface area contributed by atoms with Gasteiger partial charge < -0.3 is 15.4 Å². The second-order valence-electron chi connectivity index (χ2n) is 6.96. The standard InChI is InChI=1S/C18H27N3O4S/c19-15-18(7-13-25-14-8-18)17(22)20-9-4-10-21(12-11-20)26(23,24)16-5-2-1-3-6-16/h1-3,5-6H,4,7-15,19H2. The number of ether oxygens (including phenoxy) is 1. The van der Waals surface area contributed by atoms with Crippen molar-refractivity contribution >= 4 is 15.9 Å². The normalized spacial score (nSPS) is 22.0. The van der Waals surface area contributed by atoms with E-state index in [-0.39, 0.29) is 5.91 Å². The molecule has 2 N–H and O–H groups in total.